The molecule has 1 aromatic rings. The summed E-state index contributed by atoms with van der Waals surface area (Å²) in [6, 6.07) is 1.91. The molecule has 0 spiro atoms. The number of nitrogens with two attached hydrogens (primary N) is 1. The van der Waals surface area contributed by atoms with E-state index in [1.54, 1.807) is 6.92 Å². The fourth-order valence-electron chi connectivity index (χ4n) is 2.69. The maximum Gasteiger partial charge on any atom is 0.350 e. The maximum absolute atomic E-state index is 11.8. The van der Waals surface area contributed by atoms with Gasteiger partial charge in [0.2, 0.25) is 0 Å². The minimum Gasteiger partial charge on any atom is -0.462 e. The Morgan fingerprint density at radius 2 is 2.15 bits per heavy atom. The van der Waals surface area contributed by atoms with Gasteiger partial charge in [-0.1, -0.05) is 13.8 Å². The molecule has 0 atom stereocenters. The normalized spacial score (nSPS) is 16.7. The molecule has 2 N–H and O–H groups in total. The molecule has 4 nitrogen and oxygen atoms in total. The van der Waals surface area contributed by atoms with E-state index in [1.165, 1.54) is 24.2 Å². The minimum atomic E-state index is -0.307. The van der Waals surface area contributed by atoms with E-state index in [0.29, 0.717) is 17.2 Å². The highest BCUT2D eigenvalue weighted by Crippen LogP contribution is 2.35. The highest BCUT2D eigenvalue weighted by Gasteiger charge is 2.24. The van der Waals surface area contributed by atoms with E-state index in [2.05, 4.69) is 18.7 Å². The van der Waals surface area contributed by atoms with Crippen LogP contribution in [0.4, 0.5) is 10.7 Å². The Bertz CT molecular complexity index is 462. The number of carbonyl (C=O) groups excluding carboxylic acids is 1. The van der Waals surface area contributed by atoms with Gasteiger partial charge in [0.05, 0.1) is 17.3 Å². The Morgan fingerprint density at radius 1 is 1.50 bits per heavy atom. The van der Waals surface area contributed by atoms with Gasteiger partial charge in [-0.3, -0.25) is 0 Å². The zero-order valence-corrected chi connectivity index (χ0v) is 13.3. The Balaban J connectivity index is 2.04. The van der Waals surface area contributed by atoms with Gasteiger partial charge in [-0.2, -0.15) is 0 Å². The molecule has 0 bridgehead atoms. The molecule has 112 valence electrons. The molecule has 5 heteroatoms. The third kappa shape index (κ3) is 3.26. The number of piperidine rings is 1. The van der Waals surface area contributed by atoms with Crippen molar-refractivity contribution in [1.82, 2.24) is 0 Å². The van der Waals surface area contributed by atoms with Crippen molar-refractivity contribution >= 4 is 28.0 Å². The number of esters is 1. The molecule has 0 aromatic carbocycles. The number of carbonyl (C=O) groups is 1. The van der Waals surface area contributed by atoms with E-state index in [9.17, 15) is 4.79 Å². The van der Waals surface area contributed by atoms with Gasteiger partial charge in [0.25, 0.3) is 0 Å². The van der Waals surface area contributed by atoms with E-state index < -0.39 is 0 Å². The van der Waals surface area contributed by atoms with Gasteiger partial charge in [-0.25, -0.2) is 4.79 Å². The number of hydrogen-bond acceptors (Lipinski definition) is 5. The second kappa shape index (κ2) is 6.48. The topological polar surface area (TPSA) is 55.6 Å². The molecule has 20 heavy (non-hydrogen) atoms. The number of ether oxygens (including phenoxy) is 1. The molecule has 1 aromatic heterocycles. The van der Waals surface area contributed by atoms with E-state index in [-0.39, 0.29) is 5.97 Å². The predicted molar refractivity (Wildman–Crippen MR) is 84.5 cm³/mol. The van der Waals surface area contributed by atoms with Crippen LogP contribution in [-0.4, -0.2) is 25.7 Å². The van der Waals surface area contributed by atoms with Crippen LogP contribution in [0.15, 0.2) is 6.07 Å². The van der Waals surface area contributed by atoms with Gasteiger partial charge in [0.15, 0.2) is 0 Å². The molecule has 1 aliphatic heterocycles. The average molecular weight is 296 g/mol. The molecule has 0 amide bonds. The van der Waals surface area contributed by atoms with Crippen LogP contribution in [-0.2, 0) is 4.74 Å². The first-order valence-electron chi connectivity index (χ1n) is 7.34. The van der Waals surface area contributed by atoms with E-state index >= 15 is 0 Å². The van der Waals surface area contributed by atoms with Crippen LogP contribution in [0.3, 0.4) is 0 Å². The summed E-state index contributed by atoms with van der Waals surface area (Å²) in [7, 11) is 0. The molecule has 0 aliphatic carbocycles. The van der Waals surface area contributed by atoms with Crippen molar-refractivity contribution in [2.75, 3.05) is 30.3 Å². The van der Waals surface area contributed by atoms with Crippen molar-refractivity contribution < 1.29 is 9.53 Å². The van der Waals surface area contributed by atoms with Crippen LogP contribution in [0, 0.1) is 11.8 Å². The lowest BCUT2D eigenvalue weighted by atomic mass is 9.87. The summed E-state index contributed by atoms with van der Waals surface area (Å²) in [6.07, 6.45) is 2.43. The van der Waals surface area contributed by atoms with Gasteiger partial charge in [0, 0.05) is 13.1 Å². The summed E-state index contributed by atoms with van der Waals surface area (Å²) in [5, 5.41) is 1.09. The molecule has 0 saturated carbocycles. The molecule has 1 saturated heterocycles. The standard InChI is InChI=1S/C15H24N2O2S/c1-4-19-15(18)14-12(16)9-13(20-14)17-7-5-11(6-8-17)10(2)3/h9-11H,4-8,16H2,1-3H3. The zero-order valence-electron chi connectivity index (χ0n) is 12.5. The molecular weight excluding hydrogens is 272 g/mol. The van der Waals surface area contributed by atoms with Crippen molar-refractivity contribution in [3.63, 3.8) is 0 Å². The van der Waals surface area contributed by atoms with E-state index in [0.717, 1.165) is 29.9 Å². The molecule has 0 unspecified atom stereocenters. The van der Waals surface area contributed by atoms with Crippen LogP contribution in [0.25, 0.3) is 0 Å². The van der Waals surface area contributed by atoms with Gasteiger partial charge < -0.3 is 15.4 Å². The summed E-state index contributed by atoms with van der Waals surface area (Å²) in [5.41, 5.74) is 6.47. The average Bonchev–Trinajstić information content (AvgIpc) is 2.81. The van der Waals surface area contributed by atoms with Crippen molar-refractivity contribution in [2.45, 2.75) is 33.6 Å². The van der Waals surface area contributed by atoms with E-state index in [1.807, 2.05) is 6.07 Å². The summed E-state index contributed by atoms with van der Waals surface area (Å²) < 4.78 is 5.03. The van der Waals surface area contributed by atoms with E-state index in [4.69, 9.17) is 10.5 Å². The fraction of sp³-hybridized carbons (Fsp3) is 0.667. The molecule has 1 fully saturated rings. The van der Waals surface area contributed by atoms with Gasteiger partial charge in [-0.15, -0.1) is 11.3 Å². The molecule has 2 heterocycles. The Hall–Kier alpha value is -1.23. The van der Waals surface area contributed by atoms with Crippen LogP contribution in [0.5, 0.6) is 0 Å². The lowest BCUT2D eigenvalue weighted by molar-refractivity contribution is 0.0533. The summed E-state index contributed by atoms with van der Waals surface area (Å²) in [6.45, 7) is 8.87. The third-order valence-corrected chi connectivity index (χ3v) is 5.19. The maximum atomic E-state index is 11.8. The molecular formula is C15H24N2O2S. The largest absolute Gasteiger partial charge is 0.462 e. The summed E-state index contributed by atoms with van der Waals surface area (Å²) >= 11 is 1.45. The first-order chi connectivity index (χ1) is 9.52. The number of nitrogens with zero attached hydrogens (tertiary/aromatic N) is 1. The van der Waals surface area contributed by atoms with Crippen molar-refractivity contribution in [1.29, 1.82) is 0 Å². The Kier molecular flexibility index (Phi) is 4.91. The minimum absolute atomic E-state index is 0.307. The van der Waals surface area contributed by atoms with Crippen LogP contribution in [0.1, 0.15) is 43.3 Å². The number of nitrogen functional groups attached to an aromatic ring is 1. The van der Waals surface area contributed by atoms with Crippen LogP contribution >= 0.6 is 11.3 Å². The first-order valence-corrected chi connectivity index (χ1v) is 8.16. The number of hydrogen-bond donors (Lipinski definition) is 1. The lowest BCUT2D eigenvalue weighted by Crippen LogP contribution is -2.34. The van der Waals surface area contributed by atoms with Crippen LogP contribution < -0.4 is 10.6 Å². The van der Waals surface area contributed by atoms with Gasteiger partial charge in [-0.05, 0) is 37.7 Å². The molecule has 0 radical (unpaired) electrons. The van der Waals surface area contributed by atoms with Gasteiger partial charge >= 0.3 is 5.97 Å². The smallest absolute Gasteiger partial charge is 0.350 e. The van der Waals surface area contributed by atoms with Crippen LogP contribution in [0.2, 0.25) is 0 Å². The number of thiophene rings is 1. The van der Waals surface area contributed by atoms with Gasteiger partial charge in [0.1, 0.15) is 4.88 Å². The number of rotatable bonds is 4. The quantitative estimate of drug-likeness (QED) is 0.865. The SMILES string of the molecule is CCOC(=O)c1sc(N2CCC(C(C)C)CC2)cc1N. The molecule has 2 rings (SSSR count). The first kappa shape index (κ1) is 15.2. The highest BCUT2D eigenvalue weighted by molar-refractivity contribution is 7.18. The summed E-state index contributed by atoms with van der Waals surface area (Å²) in [4.78, 5) is 14.7. The zero-order chi connectivity index (χ0) is 14.7. The van der Waals surface area contributed by atoms with Crippen molar-refractivity contribution in [2.24, 2.45) is 11.8 Å². The monoisotopic (exact) mass is 296 g/mol. The Morgan fingerprint density at radius 3 is 2.70 bits per heavy atom. The fourth-order valence-corrected chi connectivity index (χ4v) is 3.72. The third-order valence-electron chi connectivity index (χ3n) is 4.00. The lowest BCUT2D eigenvalue weighted by Gasteiger charge is -2.34. The van der Waals surface area contributed by atoms with Crippen molar-refractivity contribution in [3.05, 3.63) is 10.9 Å². The predicted octanol–water partition coefficient (Wildman–Crippen LogP) is 3.38. The second-order valence-electron chi connectivity index (χ2n) is 5.66. The summed E-state index contributed by atoms with van der Waals surface area (Å²) in [5.74, 6) is 1.26. The molecule has 1 aliphatic rings. The Labute approximate surface area is 124 Å². The highest BCUT2D eigenvalue weighted by atomic mass is 32.1. The second-order valence-corrected chi connectivity index (χ2v) is 6.69. The number of anilines is 2. The van der Waals surface area contributed by atoms with Crippen molar-refractivity contribution in [3.8, 4) is 0 Å².